The average Bonchev–Trinajstić information content (AvgIpc) is 2.91. The minimum atomic E-state index is -0.0735. The van der Waals surface area contributed by atoms with Gasteiger partial charge in [0.05, 0.1) is 0 Å². The van der Waals surface area contributed by atoms with Gasteiger partial charge in [0.15, 0.2) is 0 Å². The molecule has 17 heavy (non-hydrogen) atoms. The van der Waals surface area contributed by atoms with Crippen molar-refractivity contribution in [1.82, 2.24) is 0 Å². The fourth-order valence-corrected chi connectivity index (χ4v) is 6.22. The molecule has 7 unspecified atom stereocenters. The van der Waals surface area contributed by atoms with Crippen LogP contribution in [0.25, 0.3) is 0 Å². The van der Waals surface area contributed by atoms with Crippen LogP contribution >= 0.6 is 0 Å². The van der Waals surface area contributed by atoms with E-state index >= 15 is 0 Å². The van der Waals surface area contributed by atoms with Crippen LogP contribution in [0.15, 0.2) is 0 Å². The SMILES string of the molecule is CC(=O)OC1CC2CC1C1C3CC(C21)[C@H](C)C3. The van der Waals surface area contributed by atoms with Gasteiger partial charge in [0.1, 0.15) is 6.10 Å². The second-order valence-corrected chi connectivity index (χ2v) is 7.07. The van der Waals surface area contributed by atoms with Gasteiger partial charge in [-0.3, -0.25) is 4.79 Å². The van der Waals surface area contributed by atoms with Gasteiger partial charge in [0.2, 0.25) is 0 Å². The second-order valence-electron chi connectivity index (χ2n) is 7.07. The molecule has 8 atom stereocenters. The Morgan fingerprint density at radius 2 is 1.65 bits per heavy atom. The van der Waals surface area contributed by atoms with Crippen molar-refractivity contribution in [3.05, 3.63) is 0 Å². The fraction of sp³-hybridized carbons (Fsp3) is 0.933. The van der Waals surface area contributed by atoms with Crippen LogP contribution in [0.1, 0.15) is 39.5 Å². The van der Waals surface area contributed by atoms with E-state index in [1.807, 2.05) is 0 Å². The van der Waals surface area contributed by atoms with Gasteiger partial charge in [0, 0.05) is 6.92 Å². The molecule has 0 radical (unpaired) electrons. The summed E-state index contributed by atoms with van der Waals surface area (Å²) < 4.78 is 5.55. The van der Waals surface area contributed by atoms with Gasteiger partial charge < -0.3 is 4.74 Å². The van der Waals surface area contributed by atoms with Crippen LogP contribution in [-0.2, 0) is 9.53 Å². The average molecular weight is 234 g/mol. The lowest BCUT2D eigenvalue weighted by atomic mass is 9.67. The zero-order chi connectivity index (χ0) is 11.7. The topological polar surface area (TPSA) is 26.3 Å². The summed E-state index contributed by atoms with van der Waals surface area (Å²) in [5.74, 6) is 6.39. The van der Waals surface area contributed by atoms with Crippen LogP contribution in [-0.4, -0.2) is 12.1 Å². The van der Waals surface area contributed by atoms with Crippen LogP contribution in [0.5, 0.6) is 0 Å². The van der Waals surface area contributed by atoms with Crippen LogP contribution in [0.4, 0.5) is 0 Å². The van der Waals surface area contributed by atoms with E-state index < -0.39 is 0 Å². The number of hydrogen-bond acceptors (Lipinski definition) is 2. The molecule has 0 spiro atoms. The summed E-state index contributed by atoms with van der Waals surface area (Å²) in [4.78, 5) is 11.2. The summed E-state index contributed by atoms with van der Waals surface area (Å²) >= 11 is 0. The Kier molecular flexibility index (Phi) is 2.00. The zero-order valence-corrected chi connectivity index (χ0v) is 10.8. The highest BCUT2D eigenvalue weighted by molar-refractivity contribution is 5.66. The molecule has 4 bridgehead atoms. The molecule has 0 amide bonds. The molecular weight excluding hydrogens is 212 g/mol. The third-order valence-corrected chi connectivity index (χ3v) is 6.41. The maximum Gasteiger partial charge on any atom is 0.302 e. The third-order valence-electron chi connectivity index (χ3n) is 6.41. The van der Waals surface area contributed by atoms with E-state index in [9.17, 15) is 4.79 Å². The Morgan fingerprint density at radius 1 is 1.00 bits per heavy atom. The van der Waals surface area contributed by atoms with Gasteiger partial charge in [-0.15, -0.1) is 0 Å². The molecule has 4 aliphatic rings. The maximum absolute atomic E-state index is 11.2. The molecule has 2 nitrogen and oxygen atoms in total. The van der Waals surface area contributed by atoms with Gasteiger partial charge >= 0.3 is 5.97 Å². The Bertz CT molecular complexity index is 364. The molecule has 0 saturated heterocycles. The van der Waals surface area contributed by atoms with Gasteiger partial charge in [-0.2, -0.15) is 0 Å². The highest BCUT2D eigenvalue weighted by atomic mass is 16.5. The van der Waals surface area contributed by atoms with Crippen LogP contribution in [0.2, 0.25) is 0 Å². The highest BCUT2D eigenvalue weighted by Gasteiger charge is 2.64. The predicted molar refractivity (Wildman–Crippen MR) is 64.1 cm³/mol. The molecule has 4 saturated carbocycles. The highest BCUT2D eigenvalue weighted by Crippen LogP contribution is 2.69. The molecule has 0 aromatic rings. The molecule has 4 rings (SSSR count). The molecule has 4 fully saturated rings. The minimum Gasteiger partial charge on any atom is -0.462 e. The molecular formula is C15H22O2. The quantitative estimate of drug-likeness (QED) is 0.515. The summed E-state index contributed by atoms with van der Waals surface area (Å²) in [7, 11) is 0. The molecule has 0 aliphatic heterocycles. The Morgan fingerprint density at radius 3 is 2.41 bits per heavy atom. The van der Waals surface area contributed by atoms with Crippen molar-refractivity contribution < 1.29 is 9.53 Å². The van der Waals surface area contributed by atoms with Crippen molar-refractivity contribution in [1.29, 1.82) is 0 Å². The monoisotopic (exact) mass is 234 g/mol. The number of carbonyl (C=O) groups excluding carboxylic acids is 1. The van der Waals surface area contributed by atoms with Gasteiger partial charge in [-0.1, -0.05) is 6.92 Å². The van der Waals surface area contributed by atoms with Crippen molar-refractivity contribution >= 4 is 5.97 Å². The number of fused-ring (bicyclic) bond motifs is 9. The summed E-state index contributed by atoms with van der Waals surface area (Å²) in [5.41, 5.74) is 0. The van der Waals surface area contributed by atoms with Crippen molar-refractivity contribution in [3.8, 4) is 0 Å². The van der Waals surface area contributed by atoms with E-state index in [4.69, 9.17) is 4.74 Å². The number of esters is 1. The van der Waals surface area contributed by atoms with Crippen LogP contribution in [0, 0.1) is 41.4 Å². The first-order valence-corrected chi connectivity index (χ1v) is 7.32. The second kappa shape index (κ2) is 3.27. The lowest BCUT2D eigenvalue weighted by molar-refractivity contribution is -0.151. The van der Waals surface area contributed by atoms with Gasteiger partial charge in [-0.05, 0) is 67.1 Å². The molecule has 0 N–H and O–H groups in total. The van der Waals surface area contributed by atoms with Crippen molar-refractivity contribution in [3.63, 3.8) is 0 Å². The molecule has 4 aliphatic carbocycles. The zero-order valence-electron chi connectivity index (χ0n) is 10.8. The predicted octanol–water partition coefficient (Wildman–Crippen LogP) is 2.87. The van der Waals surface area contributed by atoms with Crippen LogP contribution in [0.3, 0.4) is 0 Å². The minimum absolute atomic E-state index is 0.0735. The summed E-state index contributed by atoms with van der Waals surface area (Å²) in [6, 6.07) is 0. The maximum atomic E-state index is 11.2. The largest absolute Gasteiger partial charge is 0.462 e. The fourth-order valence-electron chi connectivity index (χ4n) is 6.22. The smallest absolute Gasteiger partial charge is 0.302 e. The Hall–Kier alpha value is -0.530. The normalized spacial score (nSPS) is 58.5. The molecule has 2 heteroatoms. The number of rotatable bonds is 1. The van der Waals surface area contributed by atoms with E-state index in [1.54, 1.807) is 6.92 Å². The standard InChI is InChI=1S/C15H22O2/c1-7-3-9-4-11(7)14-10-5-12(15(9)14)13(6-10)17-8(2)16/h7,9-15H,3-6H2,1-2H3/t7-,9?,10?,11?,12?,13?,14?,15?/m1/s1. The van der Waals surface area contributed by atoms with Crippen molar-refractivity contribution in [2.24, 2.45) is 41.4 Å². The first-order chi connectivity index (χ1) is 8.15. The third kappa shape index (κ3) is 1.25. The molecule has 94 valence electrons. The summed E-state index contributed by atoms with van der Waals surface area (Å²) in [6.45, 7) is 4.02. The number of hydrogen-bond donors (Lipinski definition) is 0. The summed E-state index contributed by atoms with van der Waals surface area (Å²) in [6.07, 6.45) is 5.72. The van der Waals surface area contributed by atoms with E-state index in [0.29, 0.717) is 0 Å². The lowest BCUT2D eigenvalue weighted by Gasteiger charge is -2.40. The van der Waals surface area contributed by atoms with E-state index in [0.717, 1.165) is 41.4 Å². The molecule has 0 aromatic heterocycles. The van der Waals surface area contributed by atoms with Gasteiger partial charge in [0.25, 0.3) is 0 Å². The van der Waals surface area contributed by atoms with E-state index in [2.05, 4.69) is 6.92 Å². The van der Waals surface area contributed by atoms with E-state index in [-0.39, 0.29) is 12.1 Å². The first-order valence-electron chi connectivity index (χ1n) is 7.32. The summed E-state index contributed by atoms with van der Waals surface area (Å²) in [5, 5.41) is 0. The van der Waals surface area contributed by atoms with Gasteiger partial charge in [-0.25, -0.2) is 0 Å². The number of carbonyl (C=O) groups is 1. The molecule has 0 aromatic carbocycles. The number of ether oxygens (including phenoxy) is 1. The lowest BCUT2D eigenvalue weighted by Crippen LogP contribution is -2.38. The van der Waals surface area contributed by atoms with Crippen molar-refractivity contribution in [2.45, 2.75) is 45.6 Å². The Labute approximate surface area is 103 Å². The first kappa shape index (κ1) is 10.4. The Balaban J connectivity index is 1.58. The molecule has 0 heterocycles. The van der Waals surface area contributed by atoms with E-state index in [1.165, 1.54) is 25.7 Å². The van der Waals surface area contributed by atoms with Crippen molar-refractivity contribution in [2.75, 3.05) is 0 Å². The van der Waals surface area contributed by atoms with Crippen LogP contribution < -0.4 is 0 Å².